The summed E-state index contributed by atoms with van der Waals surface area (Å²) in [5, 5.41) is 52.9. The van der Waals surface area contributed by atoms with Gasteiger partial charge in [-0.05, 0) is 69.1 Å². The van der Waals surface area contributed by atoms with Crippen molar-refractivity contribution in [2.24, 2.45) is 23.3 Å². The number of aliphatic hydroxyl groups is 2. The zero-order chi connectivity index (χ0) is 41.7. The normalized spacial score (nSPS) is 19.6. The van der Waals surface area contributed by atoms with Crippen molar-refractivity contribution in [1.82, 2.24) is 31.5 Å². The number of carbonyl (C=O) groups excluding carboxylic acids is 6. The van der Waals surface area contributed by atoms with Crippen molar-refractivity contribution in [3.8, 4) is 5.75 Å². The molecular formula is C36H58N8O11. The molecule has 6 amide bonds. The van der Waals surface area contributed by atoms with Crippen LogP contribution in [0.3, 0.4) is 0 Å². The molecule has 2 rings (SSSR count). The van der Waals surface area contributed by atoms with Gasteiger partial charge in [-0.25, -0.2) is 0 Å². The largest absolute Gasteiger partial charge is 0.508 e. The van der Waals surface area contributed by atoms with Crippen molar-refractivity contribution in [3.05, 3.63) is 29.8 Å². The molecule has 1 fully saturated rings. The van der Waals surface area contributed by atoms with Gasteiger partial charge in [0.1, 0.15) is 42.2 Å². The number of nitrogens with two attached hydrogens (primary N) is 2. The highest BCUT2D eigenvalue weighted by Gasteiger charge is 2.41. The lowest BCUT2D eigenvalue weighted by Crippen LogP contribution is -2.62. The van der Waals surface area contributed by atoms with Gasteiger partial charge >= 0.3 is 5.97 Å². The summed E-state index contributed by atoms with van der Waals surface area (Å²) < 4.78 is 0. The van der Waals surface area contributed by atoms with Gasteiger partial charge in [0.05, 0.1) is 12.1 Å². The van der Waals surface area contributed by atoms with Gasteiger partial charge in [-0.15, -0.1) is 0 Å². The number of phenolic OH excluding ortho intramolecular Hbond substituents is 1. The van der Waals surface area contributed by atoms with E-state index in [0.717, 1.165) is 0 Å². The maximum atomic E-state index is 13.8. The summed E-state index contributed by atoms with van der Waals surface area (Å²) in [5.74, 6) is -7.01. The number of rotatable bonds is 21. The molecule has 19 nitrogen and oxygen atoms in total. The number of aromatic hydroxyl groups is 1. The Bertz CT molecular complexity index is 1510. The van der Waals surface area contributed by atoms with Crippen molar-refractivity contribution in [2.45, 2.75) is 128 Å². The lowest BCUT2D eigenvalue weighted by Gasteiger charge is -2.33. The number of carboxylic acid groups (broad SMARTS) is 1. The number of nitrogens with one attached hydrogen (secondary N) is 5. The molecule has 1 saturated heterocycles. The van der Waals surface area contributed by atoms with E-state index in [1.165, 1.54) is 30.9 Å². The molecule has 13 N–H and O–H groups in total. The van der Waals surface area contributed by atoms with Crippen molar-refractivity contribution in [3.63, 3.8) is 0 Å². The molecule has 9 atom stereocenters. The molecule has 0 aliphatic carbocycles. The molecule has 0 aromatic heterocycles. The summed E-state index contributed by atoms with van der Waals surface area (Å²) in [4.78, 5) is 92.1. The van der Waals surface area contributed by atoms with Gasteiger partial charge in [0.25, 0.3) is 0 Å². The van der Waals surface area contributed by atoms with Crippen LogP contribution in [0.1, 0.15) is 72.8 Å². The van der Waals surface area contributed by atoms with E-state index < -0.39 is 108 Å². The number of primary amides is 1. The molecule has 1 aliphatic heterocycles. The Morgan fingerprint density at radius 2 is 1.35 bits per heavy atom. The van der Waals surface area contributed by atoms with Crippen LogP contribution in [0.15, 0.2) is 24.3 Å². The number of carbonyl (C=O) groups is 7. The molecule has 0 radical (unpaired) electrons. The third-order valence-electron chi connectivity index (χ3n) is 9.23. The summed E-state index contributed by atoms with van der Waals surface area (Å²) in [5.41, 5.74) is 11.9. The number of carboxylic acids is 1. The number of aliphatic carboxylic acids is 1. The smallest absolute Gasteiger partial charge is 0.303 e. The molecule has 0 saturated carbocycles. The van der Waals surface area contributed by atoms with E-state index in [9.17, 15) is 54.0 Å². The summed E-state index contributed by atoms with van der Waals surface area (Å²) >= 11 is 0. The minimum absolute atomic E-state index is 0.00542. The molecule has 19 heteroatoms. The van der Waals surface area contributed by atoms with Gasteiger partial charge in [-0.3, -0.25) is 38.5 Å². The first-order valence-corrected chi connectivity index (χ1v) is 18.3. The second-order valence-corrected chi connectivity index (χ2v) is 14.8. The second kappa shape index (κ2) is 21.3. The fourth-order valence-corrected chi connectivity index (χ4v) is 5.97. The molecular weight excluding hydrogens is 720 g/mol. The fourth-order valence-electron chi connectivity index (χ4n) is 5.97. The van der Waals surface area contributed by atoms with E-state index >= 15 is 0 Å². The van der Waals surface area contributed by atoms with E-state index in [1.54, 1.807) is 39.8 Å². The molecule has 9 unspecified atom stereocenters. The lowest BCUT2D eigenvalue weighted by molar-refractivity contribution is -0.139. The number of hydrogen-bond donors (Lipinski definition) is 11. The third-order valence-corrected chi connectivity index (χ3v) is 9.23. The minimum atomic E-state index is -1.60. The van der Waals surface area contributed by atoms with E-state index in [-0.39, 0.29) is 37.5 Å². The Balaban J connectivity index is 2.30. The molecule has 0 spiro atoms. The first-order valence-electron chi connectivity index (χ1n) is 18.3. The summed E-state index contributed by atoms with van der Waals surface area (Å²) in [6, 6.07) is -2.30. The number of benzene rings is 1. The fraction of sp³-hybridized carbons (Fsp3) is 0.639. The molecule has 308 valence electrons. The highest BCUT2D eigenvalue weighted by molar-refractivity contribution is 5.97. The zero-order valence-corrected chi connectivity index (χ0v) is 32.2. The van der Waals surface area contributed by atoms with Gasteiger partial charge in [-0.2, -0.15) is 0 Å². The van der Waals surface area contributed by atoms with Gasteiger partial charge in [-0.1, -0.05) is 39.8 Å². The molecule has 1 heterocycles. The lowest BCUT2D eigenvalue weighted by atomic mass is 9.99. The monoisotopic (exact) mass is 778 g/mol. The predicted octanol–water partition coefficient (Wildman–Crippen LogP) is -2.47. The number of aliphatic hydroxyl groups excluding tert-OH is 2. The number of phenols is 1. The van der Waals surface area contributed by atoms with Crippen LogP contribution in [0.2, 0.25) is 0 Å². The number of likely N-dealkylation sites (tertiary alicyclic amines) is 1. The summed E-state index contributed by atoms with van der Waals surface area (Å²) in [6.45, 7) is 9.61. The van der Waals surface area contributed by atoms with Gasteiger partial charge in [0.15, 0.2) is 0 Å². The first-order chi connectivity index (χ1) is 25.6. The quantitative estimate of drug-likeness (QED) is 0.0618. The van der Waals surface area contributed by atoms with Crippen molar-refractivity contribution in [1.29, 1.82) is 0 Å². The zero-order valence-electron chi connectivity index (χ0n) is 32.2. The molecule has 1 aromatic carbocycles. The van der Waals surface area contributed by atoms with Gasteiger partial charge < -0.3 is 58.5 Å². The van der Waals surface area contributed by atoms with Crippen LogP contribution in [-0.4, -0.2) is 128 Å². The molecule has 0 bridgehead atoms. The topological polar surface area (TPSA) is 316 Å². The van der Waals surface area contributed by atoms with Gasteiger partial charge in [0, 0.05) is 19.0 Å². The Morgan fingerprint density at radius 1 is 0.800 bits per heavy atom. The average molecular weight is 779 g/mol. The predicted molar refractivity (Wildman–Crippen MR) is 198 cm³/mol. The average Bonchev–Trinajstić information content (AvgIpc) is 3.42. The number of nitrogens with zero attached hydrogens (tertiary/aromatic N) is 1. The molecule has 1 aromatic rings. The third kappa shape index (κ3) is 14.4. The highest BCUT2D eigenvalue weighted by atomic mass is 16.4. The SMILES string of the molecule is CC(C)CC(NC(=O)C(CCC(=O)O)NC(=O)C(NC(=O)C(NC(=O)C(Cc1ccc(O)cc1)N1CCC(N)C1O)C(C)O)C(C)C)C(=O)NC(C)C(N)=O. The first kappa shape index (κ1) is 46.3. The minimum Gasteiger partial charge on any atom is -0.508 e. The van der Waals surface area contributed by atoms with E-state index in [4.69, 9.17) is 11.5 Å². The number of hydrogen-bond acceptors (Lipinski definition) is 12. The van der Waals surface area contributed by atoms with Crippen molar-refractivity contribution >= 4 is 41.4 Å². The van der Waals surface area contributed by atoms with Crippen LogP contribution >= 0.6 is 0 Å². The summed E-state index contributed by atoms with van der Waals surface area (Å²) in [6.07, 6.45) is -3.03. The molecule has 1 aliphatic rings. The van der Waals surface area contributed by atoms with Crippen LogP contribution in [0.4, 0.5) is 0 Å². The second-order valence-electron chi connectivity index (χ2n) is 14.8. The highest BCUT2D eigenvalue weighted by Crippen LogP contribution is 2.22. The van der Waals surface area contributed by atoms with E-state index in [2.05, 4.69) is 26.6 Å². The number of amides is 6. The van der Waals surface area contributed by atoms with Gasteiger partial charge in [0.2, 0.25) is 35.4 Å². The van der Waals surface area contributed by atoms with Crippen LogP contribution in [-0.2, 0) is 40.0 Å². The Hall–Kier alpha value is -4.85. The van der Waals surface area contributed by atoms with Crippen LogP contribution in [0, 0.1) is 11.8 Å². The Kier molecular flexibility index (Phi) is 17.9. The standard InChI is InChI=1S/C36H58N8O11/c1-17(2)15-25(32(51)39-19(5)30(38)49)41-31(50)24(11-12-27(47)48)40-34(53)28(18(3)4)42-35(54)29(20(6)45)43-33(52)26(44-14-13-23(37)36(44)55)16-21-7-9-22(46)10-8-21/h7-10,17-20,23-26,28-29,36,45-46,55H,11-16,37H2,1-6H3,(H2,38,49)(H,39,51)(H,40,53)(H,41,50)(H,42,54)(H,43,52)(H,47,48). The van der Waals surface area contributed by atoms with Crippen LogP contribution in [0.25, 0.3) is 0 Å². The maximum absolute atomic E-state index is 13.8. The van der Waals surface area contributed by atoms with Crippen LogP contribution in [0.5, 0.6) is 5.75 Å². The Labute approximate surface area is 320 Å². The summed E-state index contributed by atoms with van der Waals surface area (Å²) in [7, 11) is 0. The maximum Gasteiger partial charge on any atom is 0.303 e. The van der Waals surface area contributed by atoms with Crippen molar-refractivity contribution in [2.75, 3.05) is 6.54 Å². The van der Waals surface area contributed by atoms with E-state index in [0.29, 0.717) is 12.0 Å². The Morgan fingerprint density at radius 3 is 1.84 bits per heavy atom. The van der Waals surface area contributed by atoms with Crippen LogP contribution < -0.4 is 38.1 Å². The van der Waals surface area contributed by atoms with Crippen molar-refractivity contribution < 1.29 is 54.0 Å². The van der Waals surface area contributed by atoms with E-state index in [1.807, 2.05) is 0 Å². The molecule has 55 heavy (non-hydrogen) atoms.